The van der Waals surface area contributed by atoms with E-state index in [4.69, 9.17) is 4.98 Å². The summed E-state index contributed by atoms with van der Waals surface area (Å²) in [4.78, 5) is 31.0. The minimum Gasteiger partial charge on any atom is -0.356 e. The molecule has 0 spiro atoms. The van der Waals surface area contributed by atoms with Crippen molar-refractivity contribution in [3.05, 3.63) is 47.7 Å². The molecule has 2 aromatic rings. The van der Waals surface area contributed by atoms with E-state index in [2.05, 4.69) is 28.7 Å². The van der Waals surface area contributed by atoms with Crippen molar-refractivity contribution in [2.75, 3.05) is 18.0 Å². The van der Waals surface area contributed by atoms with Crippen LogP contribution in [0.3, 0.4) is 0 Å². The Morgan fingerprint density at radius 3 is 2.93 bits per heavy atom. The number of pyridine rings is 1. The Morgan fingerprint density at radius 2 is 2.15 bits per heavy atom. The highest BCUT2D eigenvalue weighted by atomic mass is 16.2. The summed E-state index contributed by atoms with van der Waals surface area (Å²) in [5.41, 5.74) is 2.11. The molecule has 2 aliphatic heterocycles. The van der Waals surface area contributed by atoms with Crippen LogP contribution in [0.25, 0.3) is 0 Å². The summed E-state index contributed by atoms with van der Waals surface area (Å²) in [5.74, 6) is 2.64. The van der Waals surface area contributed by atoms with E-state index < -0.39 is 0 Å². The van der Waals surface area contributed by atoms with Crippen LogP contribution in [-0.4, -0.2) is 38.8 Å². The zero-order valence-electron chi connectivity index (χ0n) is 16.1. The Hall–Kier alpha value is -2.50. The van der Waals surface area contributed by atoms with Crippen LogP contribution < -0.4 is 4.90 Å². The van der Waals surface area contributed by atoms with E-state index in [1.165, 1.54) is 0 Å². The third kappa shape index (κ3) is 3.94. The van der Waals surface area contributed by atoms with Gasteiger partial charge in [0.15, 0.2) is 0 Å². The zero-order chi connectivity index (χ0) is 18.8. The summed E-state index contributed by atoms with van der Waals surface area (Å²) >= 11 is 0. The topological polar surface area (TPSA) is 62.2 Å². The van der Waals surface area contributed by atoms with E-state index in [1.54, 1.807) is 0 Å². The monoisotopic (exact) mass is 365 g/mol. The maximum absolute atomic E-state index is 13.1. The molecule has 1 amide bonds. The number of amides is 1. The molecule has 4 heterocycles. The molecule has 6 heteroatoms. The van der Waals surface area contributed by atoms with E-state index in [-0.39, 0.29) is 11.8 Å². The van der Waals surface area contributed by atoms with Crippen LogP contribution in [0, 0.1) is 11.8 Å². The lowest BCUT2D eigenvalue weighted by atomic mass is 9.96. The zero-order valence-corrected chi connectivity index (χ0v) is 16.1. The summed E-state index contributed by atoms with van der Waals surface area (Å²) < 4.78 is 0. The molecular formula is C21H27N5O. The molecule has 6 nitrogen and oxygen atoms in total. The normalized spacial score (nSPS) is 19.4. The van der Waals surface area contributed by atoms with Gasteiger partial charge in [-0.15, -0.1) is 0 Å². The third-order valence-electron chi connectivity index (χ3n) is 5.35. The molecule has 27 heavy (non-hydrogen) atoms. The second-order valence-corrected chi connectivity index (χ2v) is 8.02. The van der Waals surface area contributed by atoms with Crippen LogP contribution >= 0.6 is 0 Å². The summed E-state index contributed by atoms with van der Waals surface area (Å²) in [6.07, 6.45) is 6.56. The Balaban J connectivity index is 1.42. The van der Waals surface area contributed by atoms with Gasteiger partial charge in [-0.3, -0.25) is 4.79 Å². The predicted molar refractivity (Wildman–Crippen MR) is 104 cm³/mol. The number of nitrogens with zero attached hydrogens (tertiary/aromatic N) is 5. The lowest BCUT2D eigenvalue weighted by Gasteiger charge is -2.34. The van der Waals surface area contributed by atoms with Crippen LogP contribution in [0.5, 0.6) is 0 Å². The molecular weight excluding hydrogens is 338 g/mol. The average molecular weight is 365 g/mol. The molecule has 0 aliphatic carbocycles. The fourth-order valence-electron chi connectivity index (χ4n) is 4.00. The number of carbonyl (C=O) groups excluding carboxylic acids is 1. The van der Waals surface area contributed by atoms with Gasteiger partial charge >= 0.3 is 0 Å². The van der Waals surface area contributed by atoms with Crippen molar-refractivity contribution in [1.29, 1.82) is 0 Å². The summed E-state index contributed by atoms with van der Waals surface area (Å²) in [6.45, 7) is 7.29. The number of anilines is 1. The van der Waals surface area contributed by atoms with E-state index in [0.717, 1.165) is 55.3 Å². The Labute approximate surface area is 160 Å². The van der Waals surface area contributed by atoms with E-state index in [9.17, 15) is 4.79 Å². The molecule has 1 fully saturated rings. The fraction of sp³-hybridized carbons (Fsp3) is 0.524. The van der Waals surface area contributed by atoms with Gasteiger partial charge in [-0.05, 0) is 30.9 Å². The third-order valence-corrected chi connectivity index (χ3v) is 5.35. The predicted octanol–water partition coefficient (Wildman–Crippen LogP) is 2.83. The van der Waals surface area contributed by atoms with Crippen molar-refractivity contribution in [2.45, 2.75) is 46.2 Å². The van der Waals surface area contributed by atoms with Crippen LogP contribution in [0.1, 0.15) is 43.8 Å². The van der Waals surface area contributed by atoms with Gasteiger partial charge in [0.05, 0.1) is 18.2 Å². The first-order valence-electron chi connectivity index (χ1n) is 9.88. The molecule has 0 N–H and O–H groups in total. The second kappa shape index (κ2) is 7.62. The maximum atomic E-state index is 13.1. The van der Waals surface area contributed by atoms with Gasteiger partial charge in [0.25, 0.3) is 0 Å². The van der Waals surface area contributed by atoms with Gasteiger partial charge in [-0.25, -0.2) is 15.0 Å². The van der Waals surface area contributed by atoms with Crippen molar-refractivity contribution in [3.8, 4) is 0 Å². The quantitative estimate of drug-likeness (QED) is 0.834. The molecule has 0 saturated carbocycles. The molecule has 1 atom stereocenters. The minimum atomic E-state index is 0.0261. The van der Waals surface area contributed by atoms with Gasteiger partial charge in [0, 0.05) is 44.0 Å². The van der Waals surface area contributed by atoms with Crippen molar-refractivity contribution in [1.82, 2.24) is 19.9 Å². The summed E-state index contributed by atoms with van der Waals surface area (Å²) in [7, 11) is 0. The lowest BCUT2D eigenvalue weighted by molar-refractivity contribution is -0.136. The lowest BCUT2D eigenvalue weighted by Crippen LogP contribution is -2.43. The number of aromatic nitrogens is 3. The Morgan fingerprint density at radius 1 is 1.26 bits per heavy atom. The maximum Gasteiger partial charge on any atom is 0.228 e. The first-order chi connectivity index (χ1) is 13.1. The van der Waals surface area contributed by atoms with Crippen molar-refractivity contribution in [2.24, 2.45) is 11.8 Å². The average Bonchev–Trinajstić information content (AvgIpc) is 3.11. The van der Waals surface area contributed by atoms with Gasteiger partial charge in [0.1, 0.15) is 11.6 Å². The van der Waals surface area contributed by atoms with E-state index >= 15 is 0 Å². The smallest absolute Gasteiger partial charge is 0.228 e. The molecule has 0 aromatic carbocycles. The van der Waals surface area contributed by atoms with E-state index in [1.807, 2.05) is 35.5 Å². The molecule has 1 saturated heterocycles. The van der Waals surface area contributed by atoms with Crippen LogP contribution in [-0.2, 0) is 24.3 Å². The molecule has 142 valence electrons. The Kier molecular flexibility index (Phi) is 5.05. The molecule has 2 aliphatic rings. The number of rotatable bonds is 4. The van der Waals surface area contributed by atoms with Crippen molar-refractivity contribution >= 4 is 11.7 Å². The highest BCUT2D eigenvalue weighted by Gasteiger charge is 2.33. The van der Waals surface area contributed by atoms with Gasteiger partial charge in [-0.1, -0.05) is 19.9 Å². The second-order valence-electron chi connectivity index (χ2n) is 8.02. The van der Waals surface area contributed by atoms with Crippen molar-refractivity contribution in [3.63, 3.8) is 0 Å². The van der Waals surface area contributed by atoms with E-state index in [0.29, 0.717) is 19.0 Å². The number of fused-ring (bicyclic) bond motifs is 1. The number of carbonyl (C=O) groups is 1. The largest absolute Gasteiger partial charge is 0.356 e. The van der Waals surface area contributed by atoms with Gasteiger partial charge in [-0.2, -0.15) is 0 Å². The minimum absolute atomic E-state index is 0.0261. The van der Waals surface area contributed by atoms with Crippen LogP contribution in [0.15, 0.2) is 30.6 Å². The van der Waals surface area contributed by atoms with Crippen LogP contribution in [0.2, 0.25) is 0 Å². The first kappa shape index (κ1) is 17.9. The molecule has 2 aromatic heterocycles. The van der Waals surface area contributed by atoms with Crippen molar-refractivity contribution < 1.29 is 4.79 Å². The Bertz CT molecular complexity index is 807. The van der Waals surface area contributed by atoms with Gasteiger partial charge in [0.2, 0.25) is 5.91 Å². The number of piperidine rings is 1. The number of hydrogen-bond acceptors (Lipinski definition) is 5. The first-order valence-corrected chi connectivity index (χ1v) is 9.88. The molecule has 0 radical (unpaired) electrons. The van der Waals surface area contributed by atoms with Gasteiger partial charge < -0.3 is 9.80 Å². The molecule has 0 bridgehead atoms. The molecule has 4 rings (SSSR count). The highest BCUT2D eigenvalue weighted by molar-refractivity contribution is 5.80. The number of hydrogen-bond donors (Lipinski definition) is 0. The highest BCUT2D eigenvalue weighted by Crippen LogP contribution is 2.27. The summed E-state index contributed by atoms with van der Waals surface area (Å²) in [5, 5.41) is 0. The SMILES string of the molecule is CC(C)Cc1ncc2c(n1)CN(C(=O)[C@H]1CCCN(c3ccccn3)C1)C2. The standard InChI is InChI=1S/C21H27N5O/c1-15(2)10-19-23-11-17-13-26(14-18(17)24-19)21(27)16-6-5-9-25(12-16)20-7-3-4-8-22-20/h3-4,7-8,11,15-16H,5-6,9-10,12-14H2,1-2H3/t16-/m0/s1. The fourth-order valence-corrected chi connectivity index (χ4v) is 4.00. The molecule has 0 unspecified atom stereocenters. The summed E-state index contributed by atoms with van der Waals surface area (Å²) in [6, 6.07) is 5.94. The van der Waals surface area contributed by atoms with Crippen LogP contribution in [0.4, 0.5) is 5.82 Å².